The molecule has 0 spiro atoms. The molecule has 3 aromatic carbocycles. The molecule has 1 aliphatic heterocycles. The Morgan fingerprint density at radius 2 is 1.45 bits per heavy atom. The second kappa shape index (κ2) is 11.7. The van der Waals surface area contributed by atoms with Crippen molar-refractivity contribution in [1.29, 1.82) is 0 Å². The van der Waals surface area contributed by atoms with Crippen LogP contribution >= 0.6 is 0 Å². The van der Waals surface area contributed by atoms with E-state index < -0.39 is 0 Å². The van der Waals surface area contributed by atoms with Gasteiger partial charge in [0.25, 0.3) is 0 Å². The van der Waals surface area contributed by atoms with Crippen molar-refractivity contribution in [3.8, 4) is 5.75 Å². The molecule has 1 amide bonds. The van der Waals surface area contributed by atoms with Gasteiger partial charge in [0.2, 0.25) is 5.91 Å². The van der Waals surface area contributed by atoms with Gasteiger partial charge in [0.1, 0.15) is 12.4 Å². The summed E-state index contributed by atoms with van der Waals surface area (Å²) in [5.74, 6) is 1.34. The first-order valence-corrected chi connectivity index (χ1v) is 12.0. The van der Waals surface area contributed by atoms with Gasteiger partial charge in [-0.15, -0.1) is 0 Å². The Morgan fingerprint density at radius 3 is 2.06 bits per heavy atom. The molecule has 0 bridgehead atoms. The normalized spacial score (nSPS) is 14.7. The van der Waals surface area contributed by atoms with E-state index in [0.717, 1.165) is 44.8 Å². The van der Waals surface area contributed by atoms with Crippen molar-refractivity contribution in [2.75, 3.05) is 19.6 Å². The lowest BCUT2D eigenvalue weighted by molar-refractivity contribution is -0.137. The summed E-state index contributed by atoms with van der Waals surface area (Å²) in [4.78, 5) is 17.6. The molecule has 1 saturated heterocycles. The number of ether oxygens (including phenoxy) is 1. The van der Waals surface area contributed by atoms with Gasteiger partial charge >= 0.3 is 0 Å². The van der Waals surface area contributed by atoms with Crippen molar-refractivity contribution in [2.45, 2.75) is 39.5 Å². The molecule has 1 fully saturated rings. The zero-order valence-electron chi connectivity index (χ0n) is 19.5. The van der Waals surface area contributed by atoms with Crippen molar-refractivity contribution in [3.63, 3.8) is 0 Å². The van der Waals surface area contributed by atoms with Crippen LogP contribution in [0.2, 0.25) is 0 Å². The maximum atomic E-state index is 13.1. The first kappa shape index (κ1) is 23.1. The summed E-state index contributed by atoms with van der Waals surface area (Å²) in [5.41, 5.74) is 3.65. The highest BCUT2D eigenvalue weighted by Gasteiger charge is 2.28. The monoisotopic (exact) mass is 442 g/mol. The van der Waals surface area contributed by atoms with Gasteiger partial charge in [-0.2, -0.15) is 0 Å². The minimum absolute atomic E-state index is 0.138. The molecule has 4 rings (SSSR count). The van der Waals surface area contributed by atoms with Gasteiger partial charge in [0, 0.05) is 25.6 Å². The summed E-state index contributed by atoms with van der Waals surface area (Å²) in [5, 5.41) is 0. The highest BCUT2D eigenvalue weighted by atomic mass is 16.5. The molecule has 0 N–H and O–H groups in total. The number of rotatable bonds is 9. The average molecular weight is 443 g/mol. The Kier molecular flexibility index (Phi) is 8.15. The fraction of sp³-hybridized carbons (Fsp3) is 0.345. The second-order valence-electron chi connectivity index (χ2n) is 8.81. The maximum absolute atomic E-state index is 13.1. The summed E-state index contributed by atoms with van der Waals surface area (Å²) < 4.78 is 5.90. The predicted octanol–water partition coefficient (Wildman–Crippen LogP) is 5.53. The van der Waals surface area contributed by atoms with Crippen LogP contribution in [0.1, 0.15) is 36.5 Å². The SMILES string of the molecule is CCN(Cc1ccccc1)C(=O)C1CCN(Cc2ccc(OCc3ccccc3)cc2)CC1. The van der Waals surface area contributed by atoms with Gasteiger partial charge in [-0.25, -0.2) is 0 Å². The van der Waals surface area contributed by atoms with Gasteiger partial charge in [-0.1, -0.05) is 72.8 Å². The molecule has 0 unspecified atom stereocenters. The molecule has 1 aliphatic rings. The molecular formula is C29H34N2O2. The summed E-state index contributed by atoms with van der Waals surface area (Å²) in [7, 11) is 0. The van der Waals surface area contributed by atoms with Gasteiger partial charge in [-0.3, -0.25) is 9.69 Å². The van der Waals surface area contributed by atoms with E-state index in [1.165, 1.54) is 16.7 Å². The Labute approximate surface area is 197 Å². The van der Waals surface area contributed by atoms with Crippen LogP contribution in [-0.2, 0) is 24.5 Å². The molecule has 0 aromatic heterocycles. The molecule has 3 aromatic rings. The zero-order chi connectivity index (χ0) is 22.9. The average Bonchev–Trinajstić information content (AvgIpc) is 2.88. The third-order valence-corrected chi connectivity index (χ3v) is 6.42. The van der Waals surface area contributed by atoms with E-state index in [1.54, 1.807) is 0 Å². The number of amides is 1. The van der Waals surface area contributed by atoms with E-state index in [2.05, 4.69) is 60.4 Å². The van der Waals surface area contributed by atoms with E-state index in [9.17, 15) is 4.79 Å². The van der Waals surface area contributed by atoms with Crippen LogP contribution in [0.25, 0.3) is 0 Å². The molecule has 1 heterocycles. The first-order chi connectivity index (χ1) is 16.2. The second-order valence-corrected chi connectivity index (χ2v) is 8.81. The smallest absolute Gasteiger partial charge is 0.226 e. The first-order valence-electron chi connectivity index (χ1n) is 12.0. The van der Waals surface area contributed by atoms with Gasteiger partial charge in [0.05, 0.1) is 0 Å². The molecule has 4 heteroatoms. The quantitative estimate of drug-likeness (QED) is 0.437. The maximum Gasteiger partial charge on any atom is 0.226 e. The van der Waals surface area contributed by atoms with E-state index in [-0.39, 0.29) is 5.92 Å². The topological polar surface area (TPSA) is 32.8 Å². The number of carbonyl (C=O) groups is 1. The minimum Gasteiger partial charge on any atom is -0.489 e. The van der Waals surface area contributed by atoms with Crippen molar-refractivity contribution < 1.29 is 9.53 Å². The largest absolute Gasteiger partial charge is 0.489 e. The Hall–Kier alpha value is -3.11. The van der Waals surface area contributed by atoms with Gasteiger partial charge in [0.15, 0.2) is 0 Å². The van der Waals surface area contributed by atoms with Crippen LogP contribution in [0.15, 0.2) is 84.9 Å². The Balaban J connectivity index is 1.23. The number of piperidine rings is 1. The minimum atomic E-state index is 0.138. The molecule has 33 heavy (non-hydrogen) atoms. The van der Waals surface area contributed by atoms with Crippen molar-refractivity contribution in [3.05, 3.63) is 102 Å². The van der Waals surface area contributed by atoms with E-state index in [0.29, 0.717) is 19.1 Å². The lowest BCUT2D eigenvalue weighted by Crippen LogP contribution is -2.42. The van der Waals surface area contributed by atoms with Crippen LogP contribution in [0.4, 0.5) is 0 Å². The van der Waals surface area contributed by atoms with Crippen LogP contribution in [0, 0.1) is 5.92 Å². The predicted molar refractivity (Wildman–Crippen MR) is 133 cm³/mol. The third kappa shape index (κ3) is 6.69. The number of nitrogens with zero attached hydrogens (tertiary/aromatic N) is 2. The van der Waals surface area contributed by atoms with Gasteiger partial charge in [-0.05, 0) is 61.7 Å². The van der Waals surface area contributed by atoms with Crippen LogP contribution in [0.3, 0.4) is 0 Å². The lowest BCUT2D eigenvalue weighted by atomic mass is 9.94. The highest BCUT2D eigenvalue weighted by Crippen LogP contribution is 2.23. The summed E-state index contributed by atoms with van der Waals surface area (Å²) in [6, 6.07) is 28.9. The standard InChI is InChI=1S/C29H34N2O2/c1-2-31(22-24-9-5-3-6-10-24)29(32)27-17-19-30(20-18-27)21-25-13-15-28(16-14-25)33-23-26-11-7-4-8-12-26/h3-16,27H,2,17-23H2,1H3. The summed E-state index contributed by atoms with van der Waals surface area (Å²) in [6.45, 7) is 6.96. The summed E-state index contributed by atoms with van der Waals surface area (Å²) in [6.07, 6.45) is 1.87. The molecule has 172 valence electrons. The van der Waals surface area contributed by atoms with Crippen molar-refractivity contribution in [2.24, 2.45) is 5.92 Å². The van der Waals surface area contributed by atoms with E-state index in [4.69, 9.17) is 4.74 Å². The lowest BCUT2D eigenvalue weighted by Gasteiger charge is -2.34. The van der Waals surface area contributed by atoms with Crippen LogP contribution in [-0.4, -0.2) is 35.3 Å². The fourth-order valence-corrected chi connectivity index (χ4v) is 4.44. The number of hydrogen-bond donors (Lipinski definition) is 0. The molecule has 0 atom stereocenters. The van der Waals surface area contributed by atoms with Crippen LogP contribution < -0.4 is 4.74 Å². The third-order valence-electron chi connectivity index (χ3n) is 6.42. The molecule has 0 radical (unpaired) electrons. The highest BCUT2D eigenvalue weighted by molar-refractivity contribution is 5.79. The number of hydrogen-bond acceptors (Lipinski definition) is 3. The summed E-state index contributed by atoms with van der Waals surface area (Å²) >= 11 is 0. The van der Waals surface area contributed by atoms with E-state index >= 15 is 0 Å². The zero-order valence-corrected chi connectivity index (χ0v) is 19.5. The molecule has 0 aliphatic carbocycles. The molecular weight excluding hydrogens is 408 g/mol. The Bertz CT molecular complexity index is 981. The van der Waals surface area contributed by atoms with Crippen LogP contribution in [0.5, 0.6) is 5.75 Å². The number of carbonyl (C=O) groups excluding carboxylic acids is 1. The number of likely N-dealkylation sites (tertiary alicyclic amines) is 1. The Morgan fingerprint density at radius 1 is 0.848 bits per heavy atom. The molecule has 4 nitrogen and oxygen atoms in total. The fourth-order valence-electron chi connectivity index (χ4n) is 4.44. The van der Waals surface area contributed by atoms with Crippen molar-refractivity contribution in [1.82, 2.24) is 9.80 Å². The number of benzene rings is 3. The molecule has 0 saturated carbocycles. The van der Waals surface area contributed by atoms with E-state index in [1.807, 2.05) is 41.3 Å². The van der Waals surface area contributed by atoms with Crippen molar-refractivity contribution >= 4 is 5.91 Å². The van der Waals surface area contributed by atoms with Gasteiger partial charge < -0.3 is 9.64 Å².